The number of amides is 2. The number of ether oxygens (including phenoxy) is 2. The zero-order valence-corrected chi connectivity index (χ0v) is 16.4. The molecule has 0 aliphatic carbocycles. The number of carbonyl (C=O) groups is 2. The Labute approximate surface area is 169 Å². The molecule has 8 nitrogen and oxygen atoms in total. The molecule has 1 aromatic carbocycles. The normalized spacial score (nSPS) is 21.4. The molecule has 2 amide bonds. The number of nitrogens with one attached hydrogen (secondary N) is 3. The van der Waals surface area contributed by atoms with Gasteiger partial charge in [-0.25, -0.2) is 0 Å². The minimum Gasteiger partial charge on any atom is -0.467 e. The van der Waals surface area contributed by atoms with E-state index >= 15 is 0 Å². The molecule has 0 unspecified atom stereocenters. The van der Waals surface area contributed by atoms with Crippen LogP contribution in [-0.2, 0) is 16.1 Å². The number of hydrogen-bond donors (Lipinski definition) is 3. The Morgan fingerprint density at radius 1 is 1.17 bits per heavy atom. The first-order chi connectivity index (χ1) is 14.1. The minimum atomic E-state index is -0.164. The molecule has 2 aliphatic heterocycles. The summed E-state index contributed by atoms with van der Waals surface area (Å²) < 4.78 is 15.9. The number of likely N-dealkylation sites (tertiary alicyclic amines) is 1. The van der Waals surface area contributed by atoms with E-state index in [0.29, 0.717) is 23.7 Å². The standard InChI is InChI=1S/C21H25N3O5/c1-14(20(25)22-12-17-3-2-10-27-17)24-8-6-15(7-9-24)21(26)23-16-4-5-18-19(11-16)29-13-28-18/h2-5,10-11,14-15H,6-9,12-13H2,1H3,(H,22,25)(H,23,26)/p+1/t14-/m1/s1. The highest BCUT2D eigenvalue weighted by Gasteiger charge is 2.33. The Hall–Kier alpha value is -3.00. The Bertz CT molecular complexity index is 859. The van der Waals surface area contributed by atoms with Gasteiger partial charge in [0.1, 0.15) is 5.76 Å². The summed E-state index contributed by atoms with van der Waals surface area (Å²) in [7, 11) is 0. The largest absolute Gasteiger partial charge is 0.467 e. The monoisotopic (exact) mass is 400 g/mol. The molecule has 8 heteroatoms. The van der Waals surface area contributed by atoms with Gasteiger partial charge in [0, 0.05) is 30.5 Å². The van der Waals surface area contributed by atoms with E-state index in [4.69, 9.17) is 13.9 Å². The molecular weight excluding hydrogens is 374 g/mol. The van der Waals surface area contributed by atoms with Crippen molar-refractivity contribution in [1.29, 1.82) is 0 Å². The van der Waals surface area contributed by atoms with E-state index in [0.717, 1.165) is 31.7 Å². The Kier molecular flexibility index (Phi) is 5.71. The smallest absolute Gasteiger partial charge is 0.278 e. The quantitative estimate of drug-likeness (QED) is 0.671. The molecule has 0 bridgehead atoms. The van der Waals surface area contributed by atoms with Crippen LogP contribution in [0, 0.1) is 5.92 Å². The van der Waals surface area contributed by atoms with E-state index in [1.807, 2.05) is 19.1 Å². The lowest BCUT2D eigenvalue weighted by Crippen LogP contribution is -3.17. The molecule has 0 radical (unpaired) electrons. The maximum Gasteiger partial charge on any atom is 0.278 e. The van der Waals surface area contributed by atoms with Crippen LogP contribution >= 0.6 is 0 Å². The van der Waals surface area contributed by atoms with Crippen LogP contribution in [-0.4, -0.2) is 37.7 Å². The second-order valence-electron chi connectivity index (χ2n) is 7.51. The number of benzene rings is 1. The maximum atomic E-state index is 12.6. The van der Waals surface area contributed by atoms with E-state index in [1.54, 1.807) is 24.5 Å². The van der Waals surface area contributed by atoms with Crippen molar-refractivity contribution in [1.82, 2.24) is 5.32 Å². The average Bonchev–Trinajstić information content (AvgIpc) is 3.43. The van der Waals surface area contributed by atoms with E-state index in [2.05, 4.69) is 10.6 Å². The summed E-state index contributed by atoms with van der Waals surface area (Å²) in [6.07, 6.45) is 3.10. The van der Waals surface area contributed by atoms with Crippen LogP contribution in [0.5, 0.6) is 11.5 Å². The molecule has 1 saturated heterocycles. The Balaban J connectivity index is 1.24. The molecule has 0 saturated carbocycles. The third kappa shape index (κ3) is 4.54. The first kappa shape index (κ1) is 19.3. The van der Waals surface area contributed by atoms with Gasteiger partial charge in [0.05, 0.1) is 25.9 Å². The maximum absolute atomic E-state index is 12.6. The summed E-state index contributed by atoms with van der Waals surface area (Å²) in [5.74, 6) is 2.04. The van der Waals surface area contributed by atoms with Gasteiger partial charge in [-0.3, -0.25) is 9.59 Å². The summed E-state index contributed by atoms with van der Waals surface area (Å²) in [6, 6.07) is 8.87. The molecule has 1 aromatic heterocycles. The van der Waals surface area contributed by atoms with Crippen molar-refractivity contribution in [3.05, 3.63) is 42.4 Å². The lowest BCUT2D eigenvalue weighted by atomic mass is 9.94. The predicted molar refractivity (Wildman–Crippen MR) is 105 cm³/mol. The van der Waals surface area contributed by atoms with Crippen molar-refractivity contribution in [3.63, 3.8) is 0 Å². The van der Waals surface area contributed by atoms with Crippen LogP contribution in [0.25, 0.3) is 0 Å². The lowest BCUT2D eigenvalue weighted by molar-refractivity contribution is -0.919. The summed E-state index contributed by atoms with van der Waals surface area (Å²) in [5.41, 5.74) is 0.708. The van der Waals surface area contributed by atoms with E-state index in [9.17, 15) is 9.59 Å². The molecule has 3 N–H and O–H groups in total. The number of furan rings is 1. The first-order valence-electron chi connectivity index (χ1n) is 9.95. The zero-order valence-electron chi connectivity index (χ0n) is 16.4. The fourth-order valence-electron chi connectivity index (χ4n) is 3.83. The third-order valence-corrected chi connectivity index (χ3v) is 5.66. The van der Waals surface area contributed by atoms with Crippen molar-refractivity contribution < 1.29 is 28.4 Å². The van der Waals surface area contributed by atoms with Crippen molar-refractivity contribution in [2.24, 2.45) is 5.92 Å². The van der Waals surface area contributed by atoms with Crippen molar-refractivity contribution in [2.75, 3.05) is 25.2 Å². The van der Waals surface area contributed by atoms with Crippen LogP contribution in [0.1, 0.15) is 25.5 Å². The second-order valence-corrected chi connectivity index (χ2v) is 7.51. The minimum absolute atomic E-state index is 0.000314. The highest BCUT2D eigenvalue weighted by Crippen LogP contribution is 2.34. The van der Waals surface area contributed by atoms with Gasteiger partial charge in [0.2, 0.25) is 12.7 Å². The van der Waals surface area contributed by atoms with Crippen molar-refractivity contribution in [2.45, 2.75) is 32.4 Å². The molecule has 4 rings (SSSR count). The molecule has 1 fully saturated rings. The molecule has 3 heterocycles. The van der Waals surface area contributed by atoms with E-state index < -0.39 is 0 Å². The number of quaternary nitrogens is 1. The zero-order chi connectivity index (χ0) is 20.2. The molecule has 2 aromatic rings. The second kappa shape index (κ2) is 8.57. The molecule has 1 atom stereocenters. The third-order valence-electron chi connectivity index (χ3n) is 5.66. The number of hydrogen-bond acceptors (Lipinski definition) is 5. The fraction of sp³-hybridized carbons (Fsp3) is 0.429. The first-order valence-corrected chi connectivity index (χ1v) is 9.95. The molecule has 2 aliphatic rings. The number of anilines is 1. The molecule has 29 heavy (non-hydrogen) atoms. The van der Waals surface area contributed by atoms with Crippen LogP contribution in [0.4, 0.5) is 5.69 Å². The number of fused-ring (bicyclic) bond motifs is 1. The SMILES string of the molecule is C[C@H](C(=O)NCc1ccco1)[NH+]1CCC(C(=O)Nc2ccc3c(c2)OCO3)CC1. The Morgan fingerprint density at radius 2 is 1.97 bits per heavy atom. The van der Waals surface area contributed by atoms with Gasteiger partial charge in [0.15, 0.2) is 17.5 Å². The molecule has 0 spiro atoms. The number of piperidine rings is 1. The van der Waals surface area contributed by atoms with Gasteiger partial charge in [-0.2, -0.15) is 0 Å². The van der Waals surface area contributed by atoms with Gasteiger partial charge >= 0.3 is 0 Å². The Morgan fingerprint density at radius 3 is 2.72 bits per heavy atom. The van der Waals surface area contributed by atoms with E-state index in [1.165, 1.54) is 4.90 Å². The van der Waals surface area contributed by atoms with Crippen molar-refractivity contribution in [3.8, 4) is 11.5 Å². The highest BCUT2D eigenvalue weighted by molar-refractivity contribution is 5.93. The fourth-order valence-corrected chi connectivity index (χ4v) is 3.83. The van der Waals surface area contributed by atoms with Gasteiger partial charge in [-0.15, -0.1) is 0 Å². The van der Waals surface area contributed by atoms with Gasteiger partial charge in [-0.05, 0) is 31.2 Å². The predicted octanol–water partition coefficient (Wildman–Crippen LogP) is 0.947. The van der Waals surface area contributed by atoms with Crippen LogP contribution in [0.3, 0.4) is 0 Å². The van der Waals surface area contributed by atoms with E-state index in [-0.39, 0.29) is 30.6 Å². The van der Waals surface area contributed by atoms with Gasteiger partial charge in [-0.1, -0.05) is 0 Å². The summed E-state index contributed by atoms with van der Waals surface area (Å²) in [5, 5.41) is 5.88. The topological polar surface area (TPSA) is 94.2 Å². The number of carbonyl (C=O) groups excluding carboxylic acids is 2. The van der Waals surface area contributed by atoms with Crippen LogP contribution < -0.4 is 25.0 Å². The average molecular weight is 400 g/mol. The summed E-state index contributed by atoms with van der Waals surface area (Å²) in [4.78, 5) is 26.2. The van der Waals surface area contributed by atoms with Crippen molar-refractivity contribution >= 4 is 17.5 Å². The summed E-state index contributed by atoms with van der Waals surface area (Å²) in [6.45, 7) is 4.11. The lowest BCUT2D eigenvalue weighted by Gasteiger charge is -2.32. The molecule has 154 valence electrons. The molecular formula is C21H26N3O5+. The summed E-state index contributed by atoms with van der Waals surface area (Å²) >= 11 is 0. The number of rotatable bonds is 6. The van der Waals surface area contributed by atoms with Gasteiger partial charge < -0.3 is 29.4 Å². The van der Waals surface area contributed by atoms with Crippen LogP contribution in [0.15, 0.2) is 41.0 Å². The highest BCUT2D eigenvalue weighted by atomic mass is 16.7. The van der Waals surface area contributed by atoms with Gasteiger partial charge in [0.25, 0.3) is 5.91 Å². The van der Waals surface area contributed by atoms with Crippen LogP contribution in [0.2, 0.25) is 0 Å².